The van der Waals surface area contributed by atoms with Gasteiger partial charge in [-0.05, 0) is 79.8 Å². The minimum absolute atomic E-state index is 0.0242. The highest BCUT2D eigenvalue weighted by molar-refractivity contribution is 6.12. The molecule has 0 spiro atoms. The number of hydrogen-bond acceptors (Lipinski definition) is 6. The summed E-state index contributed by atoms with van der Waals surface area (Å²) >= 11 is 0. The third-order valence-electron chi connectivity index (χ3n) is 9.17. The largest absolute Gasteiger partial charge is 0.497 e. The summed E-state index contributed by atoms with van der Waals surface area (Å²) in [7, 11) is 3.34. The number of nitrogens with one attached hydrogen (secondary N) is 3. The van der Waals surface area contributed by atoms with Crippen molar-refractivity contribution in [1.29, 1.82) is 0 Å². The number of aliphatic imine (C=N–C) groups is 2. The first-order valence-corrected chi connectivity index (χ1v) is 15.6. The van der Waals surface area contributed by atoms with Gasteiger partial charge in [0, 0.05) is 17.7 Å². The Morgan fingerprint density at radius 1 is 0.884 bits per heavy atom. The van der Waals surface area contributed by atoms with Crippen molar-refractivity contribution in [1.82, 2.24) is 16.0 Å². The third kappa shape index (κ3) is 6.72. The fraction of sp³-hybridized carbons (Fsp3) is 0.500. The van der Waals surface area contributed by atoms with E-state index >= 15 is 0 Å². The molecule has 4 aliphatic rings. The van der Waals surface area contributed by atoms with Gasteiger partial charge in [-0.15, -0.1) is 0 Å². The molecule has 4 atom stereocenters. The van der Waals surface area contributed by atoms with Gasteiger partial charge in [-0.2, -0.15) is 0 Å². The number of ether oxygens (including phenoxy) is 3. The topological polar surface area (TPSA) is 106 Å². The second kappa shape index (κ2) is 13.2. The van der Waals surface area contributed by atoms with Crippen molar-refractivity contribution in [2.45, 2.75) is 88.7 Å². The fourth-order valence-electron chi connectivity index (χ4n) is 6.85. The van der Waals surface area contributed by atoms with E-state index in [-0.39, 0.29) is 24.2 Å². The molecule has 3 N–H and O–H groups in total. The molecule has 2 heterocycles. The number of benzene rings is 2. The van der Waals surface area contributed by atoms with Gasteiger partial charge >= 0.3 is 6.03 Å². The van der Waals surface area contributed by atoms with Gasteiger partial charge in [-0.25, -0.2) is 9.79 Å². The molecule has 2 aromatic carbocycles. The van der Waals surface area contributed by atoms with E-state index in [2.05, 4.69) is 40.0 Å². The molecule has 2 saturated carbocycles. The number of carbonyl (C=O) groups is 1. The number of rotatable bonds is 7. The monoisotopic (exact) mass is 585 g/mol. The van der Waals surface area contributed by atoms with E-state index in [4.69, 9.17) is 19.2 Å². The van der Waals surface area contributed by atoms with E-state index in [0.29, 0.717) is 12.0 Å². The molecular formula is C34H43N5O4. The third-order valence-corrected chi connectivity index (χ3v) is 9.17. The summed E-state index contributed by atoms with van der Waals surface area (Å²) in [5.41, 5.74) is 4.08. The second-order valence-corrected chi connectivity index (χ2v) is 12.2. The van der Waals surface area contributed by atoms with Gasteiger partial charge in [0.25, 0.3) is 0 Å². The quantitative estimate of drug-likeness (QED) is 0.382. The highest BCUT2D eigenvalue weighted by Gasteiger charge is 2.40. The van der Waals surface area contributed by atoms with E-state index in [9.17, 15) is 4.79 Å². The molecule has 2 aromatic rings. The molecule has 0 bridgehead atoms. The van der Waals surface area contributed by atoms with Crippen molar-refractivity contribution in [2.24, 2.45) is 15.9 Å². The van der Waals surface area contributed by atoms with E-state index in [1.807, 2.05) is 36.4 Å². The second-order valence-electron chi connectivity index (χ2n) is 12.2. The Balaban J connectivity index is 1.19. The predicted molar refractivity (Wildman–Crippen MR) is 169 cm³/mol. The summed E-state index contributed by atoms with van der Waals surface area (Å²) < 4.78 is 17.4. The predicted octanol–water partition coefficient (Wildman–Crippen LogP) is 5.77. The maximum atomic E-state index is 12.7. The van der Waals surface area contributed by atoms with Gasteiger partial charge in [-0.1, -0.05) is 44.0 Å². The molecule has 228 valence electrons. The van der Waals surface area contributed by atoms with Crippen molar-refractivity contribution in [3.8, 4) is 11.5 Å². The van der Waals surface area contributed by atoms with Crippen LogP contribution >= 0.6 is 0 Å². The van der Waals surface area contributed by atoms with Crippen molar-refractivity contribution in [3.63, 3.8) is 0 Å². The van der Waals surface area contributed by atoms with Crippen LogP contribution in [0.15, 0.2) is 64.1 Å². The van der Waals surface area contributed by atoms with Gasteiger partial charge in [-0.3, -0.25) is 4.99 Å². The van der Waals surface area contributed by atoms with Crippen LogP contribution in [-0.2, 0) is 4.74 Å². The summed E-state index contributed by atoms with van der Waals surface area (Å²) in [6, 6.07) is 16.7. The van der Waals surface area contributed by atoms with Gasteiger partial charge in [0.2, 0.25) is 0 Å². The molecule has 4 unspecified atom stereocenters. The summed E-state index contributed by atoms with van der Waals surface area (Å²) in [5, 5.41) is 9.78. The molecule has 9 nitrogen and oxygen atoms in total. The Bertz CT molecular complexity index is 1360. The van der Waals surface area contributed by atoms with Crippen LogP contribution in [0.25, 0.3) is 5.57 Å². The highest BCUT2D eigenvalue weighted by atomic mass is 16.5. The van der Waals surface area contributed by atoms with Gasteiger partial charge in [0.05, 0.1) is 32.2 Å². The lowest BCUT2D eigenvalue weighted by Crippen LogP contribution is -2.48. The summed E-state index contributed by atoms with van der Waals surface area (Å²) in [6.45, 7) is 2.27. The summed E-state index contributed by atoms with van der Waals surface area (Å²) in [5.74, 6) is 3.09. The van der Waals surface area contributed by atoms with Gasteiger partial charge in [0.15, 0.2) is 6.23 Å². The number of amides is 2. The van der Waals surface area contributed by atoms with Crippen LogP contribution in [0.1, 0.15) is 75.5 Å². The number of fused-ring (bicyclic) bond motifs is 1. The first-order valence-electron chi connectivity index (χ1n) is 15.6. The van der Waals surface area contributed by atoms with E-state index in [0.717, 1.165) is 78.1 Å². The smallest absolute Gasteiger partial charge is 0.315 e. The molecule has 0 aromatic heterocycles. The van der Waals surface area contributed by atoms with E-state index in [1.54, 1.807) is 20.6 Å². The fourth-order valence-corrected chi connectivity index (χ4v) is 6.85. The molecular weight excluding hydrogens is 542 g/mol. The zero-order valence-electron chi connectivity index (χ0n) is 25.3. The Hall–Kier alpha value is -3.85. The molecule has 0 radical (unpaired) electrons. The first-order chi connectivity index (χ1) is 21.0. The van der Waals surface area contributed by atoms with Gasteiger partial charge < -0.3 is 30.2 Å². The minimum atomic E-state index is -0.451. The van der Waals surface area contributed by atoms with Crippen molar-refractivity contribution in [3.05, 3.63) is 65.2 Å². The zero-order valence-corrected chi connectivity index (χ0v) is 25.3. The van der Waals surface area contributed by atoms with Crippen LogP contribution in [0.3, 0.4) is 0 Å². The highest BCUT2D eigenvalue weighted by Crippen LogP contribution is 2.46. The number of urea groups is 1. The molecule has 6 rings (SSSR count). The average Bonchev–Trinajstić information content (AvgIpc) is 3.43. The Morgan fingerprint density at radius 2 is 1.56 bits per heavy atom. The molecule has 0 saturated heterocycles. The number of amidine groups is 1. The normalized spacial score (nSPS) is 29.5. The number of nitrogens with zero attached hydrogens (tertiary/aromatic N) is 2. The Kier molecular flexibility index (Phi) is 8.98. The number of methoxy groups -OCH3 is 2. The summed E-state index contributed by atoms with van der Waals surface area (Å²) in [4.78, 5) is 22.6. The first kappa shape index (κ1) is 29.2. The molecule has 2 aliphatic carbocycles. The molecule has 2 aliphatic heterocycles. The molecule has 9 heteroatoms. The van der Waals surface area contributed by atoms with Crippen LogP contribution in [0.4, 0.5) is 4.79 Å². The number of hydrogen-bond donors (Lipinski definition) is 3. The lowest BCUT2D eigenvalue weighted by Gasteiger charge is -2.31. The van der Waals surface area contributed by atoms with Crippen LogP contribution < -0.4 is 25.4 Å². The molecule has 2 fully saturated rings. The maximum absolute atomic E-state index is 12.7. The SMILES string of the molecule is COc1ccc(C2=C3C(=NC4CCC(NC(=O)NC5CCCC(C)C5)CC4)NC=NC3OC2c2ccc(OC)cc2)cc1. The van der Waals surface area contributed by atoms with Crippen LogP contribution in [-0.4, -0.2) is 56.8 Å². The Labute approximate surface area is 254 Å². The minimum Gasteiger partial charge on any atom is -0.497 e. The average molecular weight is 586 g/mol. The van der Waals surface area contributed by atoms with E-state index < -0.39 is 6.23 Å². The van der Waals surface area contributed by atoms with Crippen molar-refractivity contribution in [2.75, 3.05) is 14.2 Å². The standard InChI is InChI=1S/C34H43N5O4/c1-21-5-4-6-26(19-21)39-34(40)38-25-13-11-24(12-14-25)37-32-30-29(22-7-15-27(41-2)16-8-22)31(43-33(30)36-20-35-32)23-9-17-28(42-3)18-10-23/h7-10,15-18,20-21,24-26,31,33H,4-6,11-14,19H2,1-3H3,(H,35,36,37)(H2,38,39,40). The zero-order chi connectivity index (χ0) is 29.8. The van der Waals surface area contributed by atoms with Crippen LogP contribution in [0, 0.1) is 5.92 Å². The maximum Gasteiger partial charge on any atom is 0.315 e. The molecule has 2 amide bonds. The van der Waals surface area contributed by atoms with Gasteiger partial charge in [0.1, 0.15) is 23.4 Å². The Morgan fingerprint density at radius 3 is 2.23 bits per heavy atom. The molecule has 43 heavy (non-hydrogen) atoms. The lowest BCUT2D eigenvalue weighted by atomic mass is 9.87. The van der Waals surface area contributed by atoms with E-state index in [1.165, 1.54) is 12.8 Å². The van der Waals surface area contributed by atoms with Crippen LogP contribution in [0.5, 0.6) is 11.5 Å². The number of carbonyl (C=O) groups excluding carboxylic acids is 1. The van der Waals surface area contributed by atoms with Crippen molar-refractivity contribution < 1.29 is 19.0 Å². The lowest BCUT2D eigenvalue weighted by molar-refractivity contribution is 0.0667. The summed E-state index contributed by atoms with van der Waals surface area (Å²) in [6.07, 6.45) is 9.17. The van der Waals surface area contributed by atoms with Crippen LogP contribution in [0.2, 0.25) is 0 Å². The van der Waals surface area contributed by atoms with Crippen molar-refractivity contribution >= 4 is 23.8 Å².